The van der Waals surface area contributed by atoms with Crippen LogP contribution in [0.5, 0.6) is 5.75 Å². The molecule has 2 rings (SSSR count). The third-order valence-electron chi connectivity index (χ3n) is 4.46. The second kappa shape index (κ2) is 7.31. The highest BCUT2D eigenvalue weighted by molar-refractivity contribution is 5.33. The molecule has 0 amide bonds. The Bertz CT molecular complexity index is 416. The first-order valence-corrected chi connectivity index (χ1v) is 8.48. The molecule has 1 saturated carbocycles. The van der Waals surface area contributed by atoms with Crippen molar-refractivity contribution in [2.45, 2.75) is 64.8 Å². The summed E-state index contributed by atoms with van der Waals surface area (Å²) in [6, 6.07) is 9.41. The second-order valence-electron chi connectivity index (χ2n) is 7.25. The molecule has 0 bridgehead atoms. The fraction of sp³-hybridized carbons (Fsp3) is 0.684. The molecule has 0 heterocycles. The predicted octanol–water partition coefficient (Wildman–Crippen LogP) is 4.53. The summed E-state index contributed by atoms with van der Waals surface area (Å²) in [5, 5.41) is 3.65. The van der Waals surface area contributed by atoms with Gasteiger partial charge in [-0.05, 0) is 36.5 Å². The van der Waals surface area contributed by atoms with E-state index in [0.717, 1.165) is 18.9 Å². The van der Waals surface area contributed by atoms with Crippen molar-refractivity contribution in [3.05, 3.63) is 29.8 Å². The topological polar surface area (TPSA) is 21.3 Å². The Morgan fingerprint density at radius 2 is 1.67 bits per heavy atom. The zero-order valence-electron chi connectivity index (χ0n) is 14.1. The van der Waals surface area contributed by atoms with Crippen molar-refractivity contribution >= 4 is 0 Å². The first kappa shape index (κ1) is 16.4. The highest BCUT2D eigenvalue weighted by Gasteiger charge is 2.35. The van der Waals surface area contributed by atoms with Crippen LogP contribution in [0.2, 0.25) is 0 Å². The zero-order chi connectivity index (χ0) is 15.3. The highest BCUT2D eigenvalue weighted by atomic mass is 16.5. The molecule has 0 atom stereocenters. The molecule has 0 aromatic heterocycles. The summed E-state index contributed by atoms with van der Waals surface area (Å²) in [7, 11) is 0. The van der Waals surface area contributed by atoms with E-state index in [4.69, 9.17) is 4.74 Å². The highest BCUT2D eigenvalue weighted by Crippen LogP contribution is 2.41. The summed E-state index contributed by atoms with van der Waals surface area (Å²) in [6.45, 7) is 10.7. The van der Waals surface area contributed by atoms with E-state index >= 15 is 0 Å². The number of ether oxygens (including phenoxy) is 1. The maximum absolute atomic E-state index is 5.80. The van der Waals surface area contributed by atoms with Gasteiger partial charge in [-0.15, -0.1) is 0 Å². The van der Waals surface area contributed by atoms with Gasteiger partial charge in [-0.25, -0.2) is 0 Å². The first-order valence-electron chi connectivity index (χ1n) is 8.48. The van der Waals surface area contributed by atoms with Crippen LogP contribution in [0.1, 0.15) is 58.9 Å². The molecular weight excluding hydrogens is 258 g/mol. The van der Waals surface area contributed by atoms with Crippen LogP contribution in [-0.4, -0.2) is 19.2 Å². The van der Waals surface area contributed by atoms with Gasteiger partial charge in [-0.3, -0.25) is 0 Å². The van der Waals surface area contributed by atoms with Crippen molar-refractivity contribution in [3.63, 3.8) is 0 Å². The summed E-state index contributed by atoms with van der Waals surface area (Å²) in [6.07, 6.45) is 5.31. The first-order chi connectivity index (χ1) is 10.0. The average Bonchev–Trinajstić information content (AvgIpc) is 2.93. The smallest absolute Gasteiger partial charge is 0.119 e. The maximum Gasteiger partial charge on any atom is 0.119 e. The molecule has 1 aliphatic rings. The molecule has 1 fully saturated rings. The molecule has 2 heteroatoms. The van der Waals surface area contributed by atoms with Crippen LogP contribution in [0.4, 0.5) is 0 Å². The fourth-order valence-corrected chi connectivity index (χ4v) is 3.19. The van der Waals surface area contributed by atoms with Gasteiger partial charge in [-0.2, -0.15) is 0 Å². The Morgan fingerprint density at radius 3 is 2.19 bits per heavy atom. The Hall–Kier alpha value is -1.02. The van der Waals surface area contributed by atoms with Crippen LogP contribution in [0, 0.1) is 5.92 Å². The molecule has 1 aromatic carbocycles. The van der Waals surface area contributed by atoms with Crippen molar-refractivity contribution in [2.75, 3.05) is 13.2 Å². The van der Waals surface area contributed by atoms with E-state index in [9.17, 15) is 0 Å². The molecular formula is C19H31NO. The Balaban J connectivity index is 2.06. The van der Waals surface area contributed by atoms with Gasteiger partial charge in [0.15, 0.2) is 0 Å². The van der Waals surface area contributed by atoms with Crippen LogP contribution in [0.15, 0.2) is 24.3 Å². The lowest BCUT2D eigenvalue weighted by molar-refractivity contribution is 0.270. The van der Waals surface area contributed by atoms with Crippen LogP contribution in [-0.2, 0) is 5.41 Å². The van der Waals surface area contributed by atoms with Crippen LogP contribution < -0.4 is 10.1 Å². The zero-order valence-corrected chi connectivity index (χ0v) is 14.1. The molecule has 0 spiro atoms. The average molecular weight is 289 g/mol. The number of hydrogen-bond acceptors (Lipinski definition) is 2. The monoisotopic (exact) mass is 289 g/mol. The van der Waals surface area contributed by atoms with Gasteiger partial charge in [0, 0.05) is 18.0 Å². The quantitative estimate of drug-likeness (QED) is 0.796. The number of hydrogen-bond donors (Lipinski definition) is 1. The Labute approximate surface area is 130 Å². The van der Waals surface area contributed by atoms with Gasteiger partial charge < -0.3 is 10.1 Å². The van der Waals surface area contributed by atoms with Crippen molar-refractivity contribution < 1.29 is 4.74 Å². The van der Waals surface area contributed by atoms with Crippen LogP contribution in [0.3, 0.4) is 0 Å². The molecule has 1 N–H and O–H groups in total. The lowest BCUT2D eigenvalue weighted by Gasteiger charge is -2.31. The van der Waals surface area contributed by atoms with Crippen LogP contribution in [0.25, 0.3) is 0 Å². The minimum atomic E-state index is 0.334. The molecule has 118 valence electrons. The van der Waals surface area contributed by atoms with Crippen LogP contribution >= 0.6 is 0 Å². The lowest BCUT2D eigenvalue weighted by Crippen LogP contribution is -2.39. The van der Waals surface area contributed by atoms with E-state index in [1.165, 1.54) is 31.2 Å². The molecule has 0 radical (unpaired) electrons. The summed E-state index contributed by atoms with van der Waals surface area (Å²) >= 11 is 0. The summed E-state index contributed by atoms with van der Waals surface area (Å²) in [5.41, 5.74) is 1.81. The number of rotatable bonds is 7. The largest absolute Gasteiger partial charge is 0.493 e. The van der Waals surface area contributed by atoms with Crippen molar-refractivity contribution in [3.8, 4) is 5.75 Å². The molecule has 0 unspecified atom stereocenters. The summed E-state index contributed by atoms with van der Waals surface area (Å²) in [5.74, 6) is 1.57. The molecule has 1 aromatic rings. The van der Waals surface area contributed by atoms with E-state index in [1.54, 1.807) is 0 Å². The van der Waals surface area contributed by atoms with E-state index in [0.29, 0.717) is 17.4 Å². The summed E-state index contributed by atoms with van der Waals surface area (Å²) < 4.78 is 5.80. The number of nitrogens with one attached hydrogen (secondary N) is 1. The number of benzene rings is 1. The lowest BCUT2D eigenvalue weighted by atomic mass is 9.78. The van der Waals surface area contributed by atoms with E-state index in [-0.39, 0.29) is 0 Å². The van der Waals surface area contributed by atoms with Crippen molar-refractivity contribution in [1.82, 2.24) is 5.32 Å². The Morgan fingerprint density at radius 1 is 1.05 bits per heavy atom. The molecule has 21 heavy (non-hydrogen) atoms. The third-order valence-corrected chi connectivity index (χ3v) is 4.46. The van der Waals surface area contributed by atoms with E-state index in [2.05, 4.69) is 57.3 Å². The van der Waals surface area contributed by atoms with Gasteiger partial charge >= 0.3 is 0 Å². The maximum atomic E-state index is 5.80. The van der Waals surface area contributed by atoms with Crippen molar-refractivity contribution in [1.29, 1.82) is 0 Å². The standard InChI is InChI=1S/C19H31NO/c1-15(2)13-21-18-9-7-17(8-10-18)19(11-5-6-12-19)14-20-16(3)4/h7-10,15-16,20H,5-6,11-14H2,1-4H3. The third kappa shape index (κ3) is 4.47. The Kier molecular flexibility index (Phi) is 5.69. The molecule has 2 nitrogen and oxygen atoms in total. The van der Waals surface area contributed by atoms with Gasteiger partial charge in [0.25, 0.3) is 0 Å². The van der Waals surface area contributed by atoms with Gasteiger partial charge in [0.1, 0.15) is 5.75 Å². The van der Waals surface area contributed by atoms with E-state index in [1.807, 2.05) is 0 Å². The van der Waals surface area contributed by atoms with Gasteiger partial charge in [0.05, 0.1) is 6.61 Å². The van der Waals surface area contributed by atoms with Gasteiger partial charge in [0.2, 0.25) is 0 Å². The SMILES string of the molecule is CC(C)COc1ccc(C2(CNC(C)C)CCCC2)cc1. The van der Waals surface area contributed by atoms with E-state index < -0.39 is 0 Å². The molecule has 0 aliphatic heterocycles. The minimum absolute atomic E-state index is 0.334. The summed E-state index contributed by atoms with van der Waals surface area (Å²) in [4.78, 5) is 0. The minimum Gasteiger partial charge on any atom is -0.493 e. The molecule has 0 saturated heterocycles. The fourth-order valence-electron chi connectivity index (χ4n) is 3.19. The normalized spacial score (nSPS) is 17.6. The van der Waals surface area contributed by atoms with Gasteiger partial charge in [-0.1, -0.05) is 52.7 Å². The van der Waals surface area contributed by atoms with Crippen molar-refractivity contribution in [2.24, 2.45) is 5.92 Å². The molecule has 1 aliphatic carbocycles. The second-order valence-corrected chi connectivity index (χ2v) is 7.25. The predicted molar refractivity (Wildman–Crippen MR) is 90.1 cm³/mol.